The lowest BCUT2D eigenvalue weighted by molar-refractivity contribution is 0.111. The maximum atomic E-state index is 5.28. The average molecular weight is 166 g/mol. The van der Waals surface area contributed by atoms with E-state index in [1.54, 1.807) is 0 Å². The number of allylic oxidation sites excluding steroid dienone is 2. The van der Waals surface area contributed by atoms with Gasteiger partial charge in [0.25, 0.3) is 0 Å². The summed E-state index contributed by atoms with van der Waals surface area (Å²) in [6.45, 7) is 3.27. The third kappa shape index (κ3) is 1.11. The van der Waals surface area contributed by atoms with Crippen molar-refractivity contribution >= 4 is 0 Å². The average Bonchev–Trinajstić information content (AvgIpc) is 2.64. The molecule has 2 aliphatic rings. The zero-order chi connectivity index (χ0) is 8.55. The van der Waals surface area contributed by atoms with E-state index in [2.05, 4.69) is 19.1 Å². The van der Waals surface area contributed by atoms with Gasteiger partial charge >= 0.3 is 0 Å². The molecule has 1 saturated carbocycles. The zero-order valence-corrected chi connectivity index (χ0v) is 7.99. The Labute approximate surface area is 74.8 Å². The van der Waals surface area contributed by atoms with E-state index in [1.165, 1.54) is 12.8 Å². The molecular formula is C11H18O. The summed E-state index contributed by atoms with van der Waals surface area (Å²) in [6.07, 6.45) is 7.54. The fourth-order valence-corrected chi connectivity index (χ4v) is 3.07. The Hall–Kier alpha value is -0.300. The molecule has 0 spiro atoms. The third-order valence-corrected chi connectivity index (χ3v) is 3.63. The van der Waals surface area contributed by atoms with Crippen molar-refractivity contribution in [1.29, 1.82) is 0 Å². The molecule has 2 bridgehead atoms. The van der Waals surface area contributed by atoms with E-state index >= 15 is 0 Å². The lowest BCUT2D eigenvalue weighted by Gasteiger charge is -2.26. The third-order valence-electron chi connectivity index (χ3n) is 3.63. The van der Waals surface area contributed by atoms with E-state index in [0.717, 1.165) is 30.3 Å². The molecule has 0 radical (unpaired) electrons. The highest BCUT2D eigenvalue weighted by molar-refractivity contribution is 5.13. The Bertz CT molecular complexity index is 185. The first-order valence-corrected chi connectivity index (χ1v) is 5.04. The molecule has 1 fully saturated rings. The second-order valence-electron chi connectivity index (χ2n) is 4.14. The van der Waals surface area contributed by atoms with E-state index in [-0.39, 0.29) is 0 Å². The van der Waals surface area contributed by atoms with Crippen LogP contribution in [0.3, 0.4) is 0 Å². The highest BCUT2D eigenvalue weighted by Crippen LogP contribution is 2.49. The van der Waals surface area contributed by atoms with E-state index in [1.807, 2.05) is 7.11 Å². The molecule has 68 valence electrons. The number of hydrogen-bond donors (Lipinski definition) is 0. The van der Waals surface area contributed by atoms with Crippen molar-refractivity contribution in [2.75, 3.05) is 13.7 Å². The normalized spacial score (nSPS) is 44.2. The van der Waals surface area contributed by atoms with Gasteiger partial charge in [-0.1, -0.05) is 25.5 Å². The second kappa shape index (κ2) is 3.21. The van der Waals surface area contributed by atoms with Crippen LogP contribution in [0.4, 0.5) is 0 Å². The molecule has 0 N–H and O–H groups in total. The molecule has 2 rings (SSSR count). The summed E-state index contributed by atoms with van der Waals surface area (Å²) < 4.78 is 5.28. The van der Waals surface area contributed by atoms with Gasteiger partial charge in [-0.15, -0.1) is 0 Å². The Kier molecular flexibility index (Phi) is 2.22. The maximum Gasteiger partial charge on any atom is 0.0498 e. The monoisotopic (exact) mass is 166 g/mol. The number of rotatable bonds is 3. The van der Waals surface area contributed by atoms with E-state index < -0.39 is 0 Å². The highest BCUT2D eigenvalue weighted by Gasteiger charge is 2.42. The van der Waals surface area contributed by atoms with Crippen molar-refractivity contribution in [3.8, 4) is 0 Å². The standard InChI is InChI=1S/C11H18O/c1-3-10-8-4-5-9(6-8)11(10)7-12-2/h4-5,8-11H,3,6-7H2,1-2H3. The van der Waals surface area contributed by atoms with Gasteiger partial charge < -0.3 is 4.74 Å². The first-order chi connectivity index (χ1) is 5.86. The Balaban J connectivity index is 2.07. The maximum absolute atomic E-state index is 5.28. The van der Waals surface area contributed by atoms with Crippen molar-refractivity contribution in [3.05, 3.63) is 12.2 Å². The van der Waals surface area contributed by atoms with Gasteiger partial charge in [-0.05, 0) is 30.1 Å². The van der Waals surface area contributed by atoms with Crippen molar-refractivity contribution in [2.24, 2.45) is 23.7 Å². The van der Waals surface area contributed by atoms with Crippen LogP contribution in [-0.2, 0) is 4.74 Å². The first-order valence-electron chi connectivity index (χ1n) is 5.04. The largest absolute Gasteiger partial charge is 0.384 e. The van der Waals surface area contributed by atoms with Crippen LogP contribution in [0.2, 0.25) is 0 Å². The Morgan fingerprint density at radius 1 is 1.25 bits per heavy atom. The molecule has 1 heteroatoms. The minimum Gasteiger partial charge on any atom is -0.384 e. The minimum atomic E-state index is 0.815. The smallest absolute Gasteiger partial charge is 0.0498 e. The molecule has 4 atom stereocenters. The van der Waals surface area contributed by atoms with Crippen LogP contribution in [0.5, 0.6) is 0 Å². The molecule has 4 unspecified atom stereocenters. The molecule has 0 aromatic carbocycles. The van der Waals surface area contributed by atoms with Crippen LogP contribution in [-0.4, -0.2) is 13.7 Å². The van der Waals surface area contributed by atoms with Gasteiger partial charge in [0.15, 0.2) is 0 Å². The highest BCUT2D eigenvalue weighted by atomic mass is 16.5. The number of methoxy groups -OCH3 is 1. The number of hydrogen-bond acceptors (Lipinski definition) is 1. The molecule has 2 aliphatic carbocycles. The Morgan fingerprint density at radius 3 is 2.50 bits per heavy atom. The van der Waals surface area contributed by atoms with E-state index in [4.69, 9.17) is 4.74 Å². The van der Waals surface area contributed by atoms with Crippen LogP contribution >= 0.6 is 0 Å². The fraction of sp³-hybridized carbons (Fsp3) is 0.818. The van der Waals surface area contributed by atoms with Crippen molar-refractivity contribution < 1.29 is 4.74 Å². The second-order valence-corrected chi connectivity index (χ2v) is 4.14. The van der Waals surface area contributed by atoms with Crippen LogP contribution in [0.15, 0.2) is 12.2 Å². The molecule has 0 aliphatic heterocycles. The predicted octanol–water partition coefficient (Wildman–Crippen LogP) is 2.48. The summed E-state index contributed by atoms with van der Waals surface area (Å²) in [4.78, 5) is 0. The van der Waals surface area contributed by atoms with Crippen molar-refractivity contribution in [3.63, 3.8) is 0 Å². The van der Waals surface area contributed by atoms with Gasteiger partial charge in [0.05, 0.1) is 0 Å². The minimum absolute atomic E-state index is 0.815. The SMILES string of the molecule is CCC1C2C=CC(C2)C1COC. The van der Waals surface area contributed by atoms with Gasteiger partial charge in [0.1, 0.15) is 0 Å². The molecule has 0 heterocycles. The first kappa shape index (κ1) is 8.31. The van der Waals surface area contributed by atoms with Gasteiger partial charge in [0.2, 0.25) is 0 Å². The van der Waals surface area contributed by atoms with E-state index in [0.29, 0.717) is 0 Å². The summed E-state index contributed by atoms with van der Waals surface area (Å²) in [5.41, 5.74) is 0. The van der Waals surface area contributed by atoms with Crippen LogP contribution in [0.1, 0.15) is 19.8 Å². The molecule has 0 amide bonds. The summed E-state index contributed by atoms with van der Waals surface area (Å²) in [5, 5.41) is 0. The lowest BCUT2D eigenvalue weighted by Crippen LogP contribution is -2.23. The summed E-state index contributed by atoms with van der Waals surface area (Å²) >= 11 is 0. The Morgan fingerprint density at radius 2 is 1.92 bits per heavy atom. The molecule has 12 heavy (non-hydrogen) atoms. The van der Waals surface area contributed by atoms with Crippen LogP contribution in [0, 0.1) is 23.7 Å². The number of ether oxygens (including phenoxy) is 1. The molecule has 0 aromatic rings. The topological polar surface area (TPSA) is 9.23 Å². The van der Waals surface area contributed by atoms with Gasteiger partial charge in [-0.3, -0.25) is 0 Å². The van der Waals surface area contributed by atoms with Crippen LogP contribution < -0.4 is 0 Å². The summed E-state index contributed by atoms with van der Waals surface area (Å²) in [7, 11) is 1.82. The summed E-state index contributed by atoms with van der Waals surface area (Å²) in [6, 6.07) is 0. The molecular weight excluding hydrogens is 148 g/mol. The quantitative estimate of drug-likeness (QED) is 0.585. The number of fused-ring (bicyclic) bond motifs is 2. The molecule has 0 aromatic heterocycles. The zero-order valence-electron chi connectivity index (χ0n) is 7.99. The van der Waals surface area contributed by atoms with Gasteiger partial charge in [-0.25, -0.2) is 0 Å². The summed E-state index contributed by atoms with van der Waals surface area (Å²) in [5.74, 6) is 3.43. The van der Waals surface area contributed by atoms with E-state index in [9.17, 15) is 0 Å². The van der Waals surface area contributed by atoms with Crippen molar-refractivity contribution in [2.45, 2.75) is 19.8 Å². The fourth-order valence-electron chi connectivity index (χ4n) is 3.07. The van der Waals surface area contributed by atoms with Crippen LogP contribution in [0.25, 0.3) is 0 Å². The van der Waals surface area contributed by atoms with Gasteiger partial charge in [-0.2, -0.15) is 0 Å². The molecule has 1 nitrogen and oxygen atoms in total. The van der Waals surface area contributed by atoms with Crippen molar-refractivity contribution in [1.82, 2.24) is 0 Å². The molecule has 0 saturated heterocycles. The van der Waals surface area contributed by atoms with Gasteiger partial charge in [0, 0.05) is 13.7 Å². The predicted molar refractivity (Wildman–Crippen MR) is 49.9 cm³/mol. The lowest BCUT2D eigenvalue weighted by atomic mass is 9.82.